The van der Waals surface area contributed by atoms with Crippen molar-refractivity contribution in [2.45, 2.75) is 57.3 Å². The van der Waals surface area contributed by atoms with Crippen LogP contribution in [0.4, 0.5) is 16.2 Å². The minimum Gasteiger partial charge on any atom is -0.485 e. The van der Waals surface area contributed by atoms with Gasteiger partial charge in [0.1, 0.15) is 16.7 Å². The molecular weight excluding hydrogens is 450 g/mol. The van der Waals surface area contributed by atoms with E-state index in [9.17, 15) is 18.3 Å². The van der Waals surface area contributed by atoms with Crippen molar-refractivity contribution in [3.8, 4) is 5.75 Å². The second-order valence-corrected chi connectivity index (χ2v) is 10.8. The van der Waals surface area contributed by atoms with Crippen LogP contribution in [0.5, 0.6) is 5.75 Å². The summed E-state index contributed by atoms with van der Waals surface area (Å²) in [5.41, 5.74) is 0.0302. The first-order valence-electron chi connectivity index (χ1n) is 10.6. The molecule has 1 atom stereocenters. The van der Waals surface area contributed by atoms with Crippen LogP contribution in [0.25, 0.3) is 0 Å². The third-order valence-corrected chi connectivity index (χ3v) is 7.01. The van der Waals surface area contributed by atoms with E-state index >= 15 is 0 Å². The summed E-state index contributed by atoms with van der Waals surface area (Å²) in [6, 6.07) is 4.46. The van der Waals surface area contributed by atoms with Gasteiger partial charge in [-0.15, -0.1) is 0 Å². The molecule has 2 aromatic rings. The summed E-state index contributed by atoms with van der Waals surface area (Å²) in [5, 5.41) is 28.6. The number of benzene rings is 1. The van der Waals surface area contributed by atoms with Crippen LogP contribution in [0, 0.1) is 6.92 Å². The van der Waals surface area contributed by atoms with Gasteiger partial charge in [0, 0.05) is 24.8 Å². The van der Waals surface area contributed by atoms with Crippen LogP contribution in [0.1, 0.15) is 39.4 Å². The molecule has 11 nitrogen and oxygen atoms in total. The Labute approximate surface area is 193 Å². The smallest absolute Gasteiger partial charge is 0.409 e. The molecule has 182 valence electrons. The van der Waals surface area contributed by atoms with Gasteiger partial charge in [0.15, 0.2) is 0 Å². The van der Waals surface area contributed by atoms with E-state index in [1.54, 1.807) is 25.5 Å². The Morgan fingerprint density at radius 3 is 2.64 bits per heavy atom. The van der Waals surface area contributed by atoms with Gasteiger partial charge in [-0.05, 0) is 52.8 Å². The molecule has 1 aromatic heterocycles. The normalized spacial score (nSPS) is 16.5. The Morgan fingerprint density at radius 1 is 1.36 bits per heavy atom. The molecule has 12 heteroatoms. The van der Waals surface area contributed by atoms with Crippen LogP contribution in [0.2, 0.25) is 0 Å². The minimum absolute atomic E-state index is 0.00296. The number of carbonyl (C=O) groups is 1. The first-order chi connectivity index (χ1) is 15.3. The molecule has 0 saturated heterocycles. The van der Waals surface area contributed by atoms with Crippen LogP contribution in [0.3, 0.4) is 0 Å². The maximum atomic E-state index is 13.7. The average molecular weight is 482 g/mol. The van der Waals surface area contributed by atoms with Crippen molar-refractivity contribution in [2.24, 2.45) is 0 Å². The highest BCUT2D eigenvalue weighted by Crippen LogP contribution is 2.39. The standard InChI is InChI=1S/C21H31N5O6S/c1-13(2)26-14(3)19(10-23-26)33(30,31)25-11-16(9-22-12-21(4,5)29)32-18-7-6-15(8-17(18)25)24-20(27)28/h6-8,10,13,16,22,24,29H,9,11-12H2,1-5H3,(H,27,28). The van der Waals surface area contributed by atoms with E-state index in [2.05, 4.69) is 15.7 Å². The van der Waals surface area contributed by atoms with Crippen molar-refractivity contribution in [1.82, 2.24) is 15.1 Å². The van der Waals surface area contributed by atoms with E-state index in [1.165, 1.54) is 28.7 Å². The number of nitrogens with one attached hydrogen (secondary N) is 2. The highest BCUT2D eigenvalue weighted by atomic mass is 32.2. The number of hydrogen-bond donors (Lipinski definition) is 4. The number of aromatic nitrogens is 2. The summed E-state index contributed by atoms with van der Waals surface area (Å²) < 4.78 is 36.3. The molecule has 2 heterocycles. The summed E-state index contributed by atoms with van der Waals surface area (Å²) in [6.07, 6.45) is -0.460. The predicted octanol–water partition coefficient (Wildman–Crippen LogP) is 2.18. The summed E-state index contributed by atoms with van der Waals surface area (Å²) in [7, 11) is -4.03. The zero-order valence-corrected chi connectivity index (χ0v) is 20.2. The Balaban J connectivity index is 2.00. The molecule has 0 fully saturated rings. The number of nitrogens with zero attached hydrogens (tertiary/aromatic N) is 3. The van der Waals surface area contributed by atoms with Gasteiger partial charge in [-0.3, -0.25) is 14.3 Å². The topological polar surface area (TPSA) is 146 Å². The molecule has 0 aliphatic carbocycles. The van der Waals surface area contributed by atoms with Crippen molar-refractivity contribution in [2.75, 3.05) is 29.3 Å². The number of aliphatic hydroxyl groups is 1. The second-order valence-electron chi connectivity index (χ2n) is 8.96. The van der Waals surface area contributed by atoms with Gasteiger partial charge in [-0.1, -0.05) is 0 Å². The fraction of sp³-hybridized carbons (Fsp3) is 0.524. The first-order valence-corrected chi connectivity index (χ1v) is 12.0. The molecule has 3 rings (SSSR count). The molecular formula is C21H31N5O6S. The zero-order valence-electron chi connectivity index (χ0n) is 19.4. The van der Waals surface area contributed by atoms with Crippen LogP contribution >= 0.6 is 0 Å². The second kappa shape index (κ2) is 9.20. The lowest BCUT2D eigenvalue weighted by atomic mass is 10.1. The molecule has 1 aromatic carbocycles. The quantitative estimate of drug-likeness (QED) is 0.449. The van der Waals surface area contributed by atoms with Gasteiger partial charge in [0.25, 0.3) is 10.0 Å². The number of hydrogen-bond acceptors (Lipinski definition) is 7. The first kappa shape index (κ1) is 24.8. The van der Waals surface area contributed by atoms with Crippen LogP contribution in [-0.2, 0) is 10.0 Å². The van der Waals surface area contributed by atoms with Crippen LogP contribution in [0.15, 0.2) is 29.3 Å². The largest absolute Gasteiger partial charge is 0.485 e. The fourth-order valence-corrected chi connectivity index (χ4v) is 5.34. The number of fused-ring (bicyclic) bond motifs is 1. The molecule has 0 spiro atoms. The van der Waals surface area contributed by atoms with Gasteiger partial charge in [-0.25, -0.2) is 13.2 Å². The summed E-state index contributed by atoms with van der Waals surface area (Å²) >= 11 is 0. The van der Waals surface area contributed by atoms with Crippen molar-refractivity contribution < 1.29 is 28.2 Å². The minimum atomic E-state index is -4.03. The van der Waals surface area contributed by atoms with Gasteiger partial charge in [-0.2, -0.15) is 5.10 Å². The molecule has 1 unspecified atom stereocenters. The third kappa shape index (κ3) is 5.57. The van der Waals surface area contributed by atoms with E-state index in [0.717, 1.165) is 0 Å². The summed E-state index contributed by atoms with van der Waals surface area (Å²) in [5.74, 6) is 0.310. The Bertz CT molecular complexity index is 1120. The molecule has 1 aliphatic heterocycles. The SMILES string of the molecule is Cc1c(S(=O)(=O)N2CC(CNCC(C)(C)O)Oc3ccc(NC(=O)O)cc32)cnn1C(C)C. The van der Waals surface area contributed by atoms with Gasteiger partial charge in [0.05, 0.1) is 29.7 Å². The summed E-state index contributed by atoms with van der Waals surface area (Å²) in [6.45, 7) is 9.45. The highest BCUT2D eigenvalue weighted by Gasteiger charge is 2.37. The van der Waals surface area contributed by atoms with Gasteiger partial charge >= 0.3 is 6.09 Å². The number of sulfonamides is 1. The number of rotatable bonds is 8. The molecule has 1 aliphatic rings. The third-order valence-electron chi connectivity index (χ3n) is 5.13. The van der Waals surface area contributed by atoms with E-state index in [1.807, 2.05) is 13.8 Å². The molecule has 4 N–H and O–H groups in total. The molecule has 1 amide bonds. The maximum Gasteiger partial charge on any atom is 0.409 e. The van der Waals surface area contributed by atoms with Gasteiger partial charge in [0.2, 0.25) is 0 Å². The number of amides is 1. The van der Waals surface area contributed by atoms with Crippen molar-refractivity contribution in [1.29, 1.82) is 0 Å². The van der Waals surface area contributed by atoms with Crippen molar-refractivity contribution in [3.05, 3.63) is 30.1 Å². The lowest BCUT2D eigenvalue weighted by Gasteiger charge is -2.36. The fourth-order valence-electron chi connectivity index (χ4n) is 3.69. The summed E-state index contributed by atoms with van der Waals surface area (Å²) in [4.78, 5) is 11.2. The predicted molar refractivity (Wildman–Crippen MR) is 124 cm³/mol. The number of anilines is 2. The molecule has 0 saturated carbocycles. The van der Waals surface area contributed by atoms with E-state index < -0.39 is 27.8 Å². The lowest BCUT2D eigenvalue weighted by Crippen LogP contribution is -2.49. The average Bonchev–Trinajstić information content (AvgIpc) is 3.08. The maximum absolute atomic E-state index is 13.7. The Kier molecular flexibility index (Phi) is 6.91. The molecule has 0 radical (unpaired) electrons. The Hall–Kier alpha value is -2.83. The Morgan fingerprint density at radius 2 is 2.06 bits per heavy atom. The van der Waals surface area contributed by atoms with Crippen molar-refractivity contribution in [3.63, 3.8) is 0 Å². The lowest BCUT2D eigenvalue weighted by molar-refractivity contribution is 0.0756. The van der Waals surface area contributed by atoms with E-state index in [-0.39, 0.29) is 28.9 Å². The van der Waals surface area contributed by atoms with Crippen LogP contribution in [-0.4, -0.2) is 65.8 Å². The number of carboxylic acid groups (broad SMARTS) is 1. The highest BCUT2D eigenvalue weighted by molar-refractivity contribution is 7.92. The van der Waals surface area contributed by atoms with E-state index in [0.29, 0.717) is 24.5 Å². The molecule has 33 heavy (non-hydrogen) atoms. The van der Waals surface area contributed by atoms with Gasteiger partial charge < -0.3 is 20.3 Å². The van der Waals surface area contributed by atoms with Crippen molar-refractivity contribution >= 4 is 27.5 Å². The monoisotopic (exact) mass is 481 g/mol. The van der Waals surface area contributed by atoms with E-state index in [4.69, 9.17) is 9.84 Å². The molecule has 0 bridgehead atoms. The van der Waals surface area contributed by atoms with Crippen LogP contribution < -0.4 is 19.7 Å². The number of ether oxygens (including phenoxy) is 1. The zero-order chi connectivity index (χ0) is 24.6.